The maximum Gasteiger partial charge on any atom is 2.00 e. The maximum atomic E-state index is 5.83. The van der Waals surface area contributed by atoms with Gasteiger partial charge >= 0.3 is 19.5 Å². The molecule has 0 N–H and O–H groups in total. The van der Waals surface area contributed by atoms with Crippen molar-refractivity contribution < 1.29 is 19.5 Å². The first-order chi connectivity index (χ1) is 43.7. The molecule has 0 saturated carbocycles. The molecule has 2 aliphatic heterocycles. The number of fused-ring (bicyclic) bond motifs is 20. The van der Waals surface area contributed by atoms with Crippen molar-refractivity contribution >= 4 is 44.1 Å². The molecule has 3 aromatic heterocycles. The van der Waals surface area contributed by atoms with Crippen LogP contribution in [0, 0.1) is 0 Å². The van der Waals surface area contributed by atoms with Gasteiger partial charge in [0.05, 0.1) is 23.3 Å². The van der Waals surface area contributed by atoms with Crippen LogP contribution in [-0.4, -0.2) is 29.9 Å². The van der Waals surface area contributed by atoms with Crippen molar-refractivity contribution in [2.24, 2.45) is 0 Å². The maximum absolute atomic E-state index is 5.83. The van der Waals surface area contributed by atoms with Gasteiger partial charge in [0.2, 0.25) is 0 Å². The van der Waals surface area contributed by atoms with Crippen molar-refractivity contribution in [3.8, 4) is 135 Å². The Morgan fingerprint density at radius 2 is 0.326 bits per heavy atom. The van der Waals surface area contributed by atoms with Crippen molar-refractivity contribution in [2.75, 3.05) is 0 Å². The van der Waals surface area contributed by atoms with Gasteiger partial charge in [0.25, 0.3) is 0 Å². The molecule has 15 aromatic rings. The van der Waals surface area contributed by atoms with Crippen molar-refractivity contribution in [1.29, 1.82) is 0 Å². The minimum Gasteiger partial charge on any atom is -0.357 e. The fraction of sp³-hybridized carbons (Fsp3) is 0. The van der Waals surface area contributed by atoms with Gasteiger partial charge < -0.3 is 29.9 Å². The molecule has 0 aliphatic carbocycles. The summed E-state index contributed by atoms with van der Waals surface area (Å²) in [7, 11) is 0. The summed E-state index contributed by atoms with van der Waals surface area (Å²) in [5, 5.41) is 3.31. The predicted octanol–water partition coefficient (Wildman–Crippen LogP) is 19.5. The first-order valence-corrected chi connectivity index (χ1v) is 29.5. The third-order valence-electron chi connectivity index (χ3n) is 17.0. The van der Waals surface area contributed by atoms with Gasteiger partial charge in [-0.2, -0.15) is 0 Å². The van der Waals surface area contributed by atoms with Gasteiger partial charge in [-0.25, -0.2) is 9.97 Å². The van der Waals surface area contributed by atoms with E-state index in [0.29, 0.717) is 45.9 Å². The van der Waals surface area contributed by atoms with E-state index in [9.17, 15) is 0 Å². The van der Waals surface area contributed by atoms with Gasteiger partial charge in [0.1, 0.15) is 0 Å². The molecular formula is C80H48N8Zn. The molecule has 0 atom stereocenters. The van der Waals surface area contributed by atoms with E-state index >= 15 is 0 Å². The molecule has 0 fully saturated rings. The van der Waals surface area contributed by atoms with Crippen LogP contribution in [0.5, 0.6) is 0 Å². The normalized spacial score (nSPS) is 11.5. The van der Waals surface area contributed by atoms with E-state index in [0.717, 1.165) is 133 Å². The molecule has 0 radical (unpaired) electrons. The second kappa shape index (κ2) is 22.2. The first-order valence-electron chi connectivity index (χ1n) is 29.5. The Morgan fingerprint density at radius 3 is 0.506 bits per heavy atom. The minimum absolute atomic E-state index is 0. The van der Waals surface area contributed by atoms with Crippen molar-refractivity contribution in [1.82, 2.24) is 39.9 Å². The van der Waals surface area contributed by atoms with Crippen molar-refractivity contribution in [3.63, 3.8) is 0 Å². The Balaban J connectivity index is 0.00000636. The Morgan fingerprint density at radius 1 is 0.169 bits per heavy atom. The zero-order chi connectivity index (χ0) is 58.1. The number of rotatable bonds is 8. The molecule has 9 heteroatoms. The molecule has 12 aromatic carbocycles. The van der Waals surface area contributed by atoms with Gasteiger partial charge in [0.15, 0.2) is 0 Å². The van der Waals surface area contributed by atoms with E-state index in [1.54, 1.807) is 0 Å². The third-order valence-corrected chi connectivity index (χ3v) is 17.0. The van der Waals surface area contributed by atoms with Crippen LogP contribution >= 0.6 is 0 Å². The van der Waals surface area contributed by atoms with Crippen LogP contribution in [0.25, 0.3) is 179 Å². The van der Waals surface area contributed by atoms with Gasteiger partial charge in [-0.3, -0.25) is 0 Å². The van der Waals surface area contributed by atoms with Crippen LogP contribution < -0.4 is 9.97 Å². The summed E-state index contributed by atoms with van der Waals surface area (Å²) in [5.41, 5.74) is 20.8. The largest absolute Gasteiger partial charge is 2.00 e. The Bertz CT molecular complexity index is 4720. The summed E-state index contributed by atoms with van der Waals surface area (Å²) in [6, 6.07) is 101. The summed E-state index contributed by atoms with van der Waals surface area (Å²) in [6.45, 7) is 0. The average Bonchev–Trinajstić information content (AvgIpc) is 1.90. The topological polar surface area (TPSA) is 106 Å². The summed E-state index contributed by atoms with van der Waals surface area (Å²) < 4.78 is 0. The van der Waals surface area contributed by atoms with Crippen LogP contribution in [-0.2, 0) is 19.5 Å². The van der Waals surface area contributed by atoms with Gasteiger partial charge in [0, 0.05) is 66.4 Å². The molecule has 0 unspecified atom stereocenters. The smallest absolute Gasteiger partial charge is 0.357 e. The second-order valence-electron chi connectivity index (χ2n) is 22.1. The van der Waals surface area contributed by atoms with E-state index in [1.165, 1.54) is 0 Å². The molecule has 8 bridgehead atoms. The monoisotopic (exact) mass is 1180 g/mol. The predicted molar refractivity (Wildman–Crippen MR) is 357 cm³/mol. The molecule has 17 rings (SSSR count). The number of hydrogen-bond donors (Lipinski definition) is 0. The molecular weight excluding hydrogens is 1140 g/mol. The fourth-order valence-corrected chi connectivity index (χ4v) is 13.0. The van der Waals surface area contributed by atoms with E-state index < -0.39 is 0 Å². The van der Waals surface area contributed by atoms with Crippen LogP contribution in [0.1, 0.15) is 0 Å². The molecule has 2 aliphatic rings. The van der Waals surface area contributed by atoms with Gasteiger partial charge in [-0.05, 0) is 89.0 Å². The van der Waals surface area contributed by atoms with Crippen LogP contribution in [0.4, 0.5) is 0 Å². The van der Waals surface area contributed by atoms with E-state index in [2.05, 4.69) is 243 Å². The summed E-state index contributed by atoms with van der Waals surface area (Å²) in [6.07, 6.45) is 0. The molecule has 0 amide bonds. The van der Waals surface area contributed by atoms with E-state index in [4.69, 9.17) is 39.9 Å². The number of benzene rings is 12. The molecule has 0 saturated heterocycles. The molecule has 410 valence electrons. The fourth-order valence-electron chi connectivity index (χ4n) is 13.0. The van der Waals surface area contributed by atoms with Crippen LogP contribution in [0.2, 0.25) is 0 Å². The summed E-state index contributed by atoms with van der Waals surface area (Å²) in [4.78, 5) is 46.1. The Kier molecular flexibility index (Phi) is 13.2. The van der Waals surface area contributed by atoms with Gasteiger partial charge in [-0.15, -0.1) is 0 Å². The van der Waals surface area contributed by atoms with E-state index in [1.807, 2.05) is 48.5 Å². The van der Waals surface area contributed by atoms with Gasteiger partial charge in [-0.1, -0.05) is 291 Å². The zero-order valence-electron chi connectivity index (χ0n) is 48.0. The van der Waals surface area contributed by atoms with E-state index in [-0.39, 0.29) is 19.5 Å². The van der Waals surface area contributed by atoms with Crippen LogP contribution in [0.15, 0.2) is 291 Å². The zero-order valence-corrected chi connectivity index (χ0v) is 51.0. The molecule has 0 spiro atoms. The SMILES string of the molecule is [Zn+2].c1ccc(-c2ccc(-c3ccccc3)c3c2-c2nc-3nc3[n-]c(nc4nc(nc5[n-]c(n2)c2c(-c6ccccc6)ccc(-c6ccccc6)c52)-c2c(-c5ccccc5)ccc(-c5ccccc5)c2-4)c2c(-c4ccccc4)ccc(-c4ccccc4)c32)cc1. The first kappa shape index (κ1) is 53.1. The summed E-state index contributed by atoms with van der Waals surface area (Å²) >= 11 is 0. The molecule has 89 heavy (non-hydrogen) atoms. The minimum atomic E-state index is 0. The quantitative estimate of drug-likeness (QED) is 0.139. The van der Waals surface area contributed by atoms with Crippen LogP contribution in [0.3, 0.4) is 0 Å². The van der Waals surface area contributed by atoms with Crippen molar-refractivity contribution in [3.05, 3.63) is 291 Å². The number of nitrogens with zero attached hydrogens (tertiary/aromatic N) is 8. The standard InChI is InChI=1S/C80H48N8.Zn/c1-9-25-49(26-10-1)57-41-42-58(50-27-11-2-12-28-50)66-65(57)73-81-74(66)86-76-69-61(53-33-17-5-18-34-53)45-46-62(54-35-19-6-20-36-54)70(69)78(83-76)88-80-72-64(56-39-23-8-24-40-56)48-47-63(55-37-21-7-22-38-55)71(72)79(84-80)87-77-68-60(52-31-15-4-16-32-52)44-43-59(51-29-13-3-14-30-51)67(68)75(82-77)85-73;/h1-48H;/q-2;+2. The molecule has 5 heterocycles. The summed E-state index contributed by atoms with van der Waals surface area (Å²) in [5.74, 6) is 1.83. The third kappa shape index (κ3) is 9.09. The average molecular weight is 1190 g/mol. The van der Waals surface area contributed by atoms with Crippen molar-refractivity contribution in [2.45, 2.75) is 0 Å². The Hall–Kier alpha value is -11.4. The second-order valence-corrected chi connectivity index (χ2v) is 22.1. The Labute approximate surface area is 525 Å². The molecule has 8 nitrogen and oxygen atoms in total. The number of hydrogen-bond acceptors (Lipinski definition) is 6. The number of aromatic nitrogens is 8.